The number of aryl methyl sites for hydroxylation is 1. The maximum Gasteiger partial charge on any atom is 0.417 e. The van der Waals surface area contributed by atoms with Crippen LogP contribution in [-0.2, 0) is 13.2 Å². The van der Waals surface area contributed by atoms with Gasteiger partial charge < -0.3 is 4.57 Å². The number of aldehydes is 1. The van der Waals surface area contributed by atoms with Crippen molar-refractivity contribution in [3.8, 4) is 0 Å². The molecule has 100 valence electrons. The molecule has 1 aromatic heterocycles. The summed E-state index contributed by atoms with van der Waals surface area (Å²) < 4.78 is 40.1. The van der Waals surface area contributed by atoms with E-state index in [2.05, 4.69) is 4.98 Å². The molecule has 0 saturated heterocycles. The van der Waals surface area contributed by atoms with Gasteiger partial charge in [0.2, 0.25) is 0 Å². The van der Waals surface area contributed by atoms with Gasteiger partial charge in [0.05, 0.1) is 5.56 Å². The molecule has 0 aliphatic carbocycles. The number of carbonyl (C=O) groups excluding carboxylic acids is 1. The molecule has 2 aromatic rings. The Hall–Kier alpha value is -1.76. The van der Waals surface area contributed by atoms with Gasteiger partial charge in [0, 0.05) is 29.9 Å². The van der Waals surface area contributed by atoms with Crippen molar-refractivity contribution in [3.63, 3.8) is 0 Å². The lowest BCUT2D eigenvalue weighted by atomic mass is 10.1. The fourth-order valence-corrected chi connectivity index (χ4v) is 2.34. The van der Waals surface area contributed by atoms with Crippen molar-refractivity contribution in [3.05, 3.63) is 41.7 Å². The van der Waals surface area contributed by atoms with Gasteiger partial charge in [-0.05, 0) is 18.2 Å². The molecule has 0 aliphatic heterocycles. The summed E-state index contributed by atoms with van der Waals surface area (Å²) in [7, 11) is 1.75. The van der Waals surface area contributed by atoms with Crippen LogP contribution >= 0.6 is 11.8 Å². The van der Waals surface area contributed by atoms with E-state index in [1.54, 1.807) is 24.0 Å². The predicted octanol–water partition coefficient (Wildman–Crippen LogP) is 3.40. The van der Waals surface area contributed by atoms with Crippen molar-refractivity contribution < 1.29 is 18.0 Å². The molecule has 0 N–H and O–H groups in total. The maximum atomic E-state index is 12.8. The van der Waals surface area contributed by atoms with Crippen LogP contribution in [0.5, 0.6) is 0 Å². The Morgan fingerprint density at radius 3 is 2.63 bits per heavy atom. The molecular weight excluding hydrogens is 277 g/mol. The van der Waals surface area contributed by atoms with E-state index >= 15 is 0 Å². The second-order valence-corrected chi connectivity index (χ2v) is 4.83. The van der Waals surface area contributed by atoms with Gasteiger partial charge in [-0.2, -0.15) is 13.2 Å². The quantitative estimate of drug-likeness (QED) is 0.811. The average Bonchev–Trinajstić information content (AvgIpc) is 2.74. The van der Waals surface area contributed by atoms with Crippen molar-refractivity contribution >= 4 is 18.0 Å². The topological polar surface area (TPSA) is 34.9 Å². The van der Waals surface area contributed by atoms with Crippen LogP contribution in [0, 0.1) is 0 Å². The number of rotatable bonds is 3. The number of hydrogen-bond donors (Lipinski definition) is 0. The smallest absolute Gasteiger partial charge is 0.329 e. The van der Waals surface area contributed by atoms with Crippen LogP contribution in [0.2, 0.25) is 0 Å². The van der Waals surface area contributed by atoms with Gasteiger partial charge >= 0.3 is 6.18 Å². The summed E-state index contributed by atoms with van der Waals surface area (Å²) >= 11 is 1.11. The number of aromatic nitrogens is 2. The van der Waals surface area contributed by atoms with Gasteiger partial charge in [0.15, 0.2) is 11.4 Å². The summed E-state index contributed by atoms with van der Waals surface area (Å²) in [4.78, 5) is 15.0. The predicted molar refractivity (Wildman–Crippen MR) is 64.2 cm³/mol. The van der Waals surface area contributed by atoms with Gasteiger partial charge in [0.1, 0.15) is 0 Å². The Labute approximate surface area is 111 Å². The van der Waals surface area contributed by atoms with E-state index in [0.717, 1.165) is 17.8 Å². The molecule has 19 heavy (non-hydrogen) atoms. The van der Waals surface area contributed by atoms with Gasteiger partial charge in [-0.1, -0.05) is 11.8 Å². The van der Waals surface area contributed by atoms with E-state index in [1.165, 1.54) is 12.1 Å². The molecule has 3 nitrogen and oxygen atoms in total. The molecule has 0 atom stereocenters. The minimum absolute atomic E-state index is 0.206. The first kappa shape index (κ1) is 13.7. The zero-order valence-electron chi connectivity index (χ0n) is 9.81. The summed E-state index contributed by atoms with van der Waals surface area (Å²) in [6, 6.07) is 3.60. The molecular formula is C12H9F3N2OS. The monoisotopic (exact) mass is 286 g/mol. The van der Waals surface area contributed by atoms with Crippen LogP contribution in [0.1, 0.15) is 15.9 Å². The van der Waals surface area contributed by atoms with E-state index in [-0.39, 0.29) is 11.8 Å². The van der Waals surface area contributed by atoms with Crippen LogP contribution in [-0.4, -0.2) is 15.8 Å². The third kappa shape index (κ3) is 2.98. The summed E-state index contributed by atoms with van der Waals surface area (Å²) in [5.74, 6) is 0. The molecule has 0 spiro atoms. The van der Waals surface area contributed by atoms with Gasteiger partial charge in [-0.25, -0.2) is 4.98 Å². The van der Waals surface area contributed by atoms with Gasteiger partial charge in [0.25, 0.3) is 0 Å². The number of halogens is 3. The van der Waals surface area contributed by atoms with Crippen molar-refractivity contribution in [2.45, 2.75) is 16.2 Å². The van der Waals surface area contributed by atoms with Crippen molar-refractivity contribution in [1.29, 1.82) is 0 Å². The van der Waals surface area contributed by atoms with Crippen LogP contribution in [0.4, 0.5) is 13.2 Å². The third-order valence-electron chi connectivity index (χ3n) is 2.44. The molecule has 0 fully saturated rings. The van der Waals surface area contributed by atoms with E-state index < -0.39 is 11.7 Å². The largest absolute Gasteiger partial charge is 0.417 e. The Bertz CT molecular complexity index is 607. The second kappa shape index (κ2) is 5.08. The zero-order valence-corrected chi connectivity index (χ0v) is 10.6. The van der Waals surface area contributed by atoms with E-state index in [1.807, 2.05) is 0 Å². The lowest BCUT2D eigenvalue weighted by molar-refractivity contribution is -0.138. The van der Waals surface area contributed by atoms with E-state index in [9.17, 15) is 18.0 Å². The zero-order chi connectivity index (χ0) is 14.0. The first-order valence-electron chi connectivity index (χ1n) is 5.23. The molecule has 7 heteroatoms. The number of imidazole rings is 1. The first-order valence-corrected chi connectivity index (χ1v) is 6.05. The Morgan fingerprint density at radius 2 is 2.11 bits per heavy atom. The highest BCUT2D eigenvalue weighted by Gasteiger charge is 2.33. The highest BCUT2D eigenvalue weighted by Crippen LogP contribution is 2.35. The second-order valence-electron chi connectivity index (χ2n) is 3.79. The van der Waals surface area contributed by atoms with Crippen molar-refractivity contribution in [1.82, 2.24) is 9.55 Å². The Kier molecular flexibility index (Phi) is 3.66. The summed E-state index contributed by atoms with van der Waals surface area (Å²) in [5.41, 5.74) is -1.29. The minimum atomic E-state index is -4.55. The number of carbonyl (C=O) groups is 1. The van der Waals surface area contributed by atoms with Gasteiger partial charge in [-0.15, -0.1) is 0 Å². The van der Waals surface area contributed by atoms with E-state index in [4.69, 9.17) is 0 Å². The lowest BCUT2D eigenvalue weighted by Crippen LogP contribution is -2.09. The molecule has 0 bridgehead atoms. The summed E-state index contributed by atoms with van der Waals surface area (Å²) in [6.45, 7) is 0. The van der Waals surface area contributed by atoms with Crippen LogP contribution in [0.25, 0.3) is 0 Å². The highest BCUT2D eigenvalue weighted by molar-refractivity contribution is 7.99. The Balaban J connectivity index is 2.38. The lowest BCUT2D eigenvalue weighted by Gasteiger charge is -2.11. The number of benzene rings is 1. The molecule has 0 amide bonds. The molecule has 2 rings (SSSR count). The normalized spacial score (nSPS) is 11.6. The minimum Gasteiger partial charge on any atom is -0.329 e. The molecule has 0 radical (unpaired) electrons. The summed E-state index contributed by atoms with van der Waals surface area (Å²) in [6.07, 6.45) is -1.08. The highest BCUT2D eigenvalue weighted by atomic mass is 32.2. The third-order valence-corrected chi connectivity index (χ3v) is 3.51. The maximum absolute atomic E-state index is 12.8. The van der Waals surface area contributed by atoms with Crippen LogP contribution in [0.15, 0.2) is 40.6 Å². The van der Waals surface area contributed by atoms with Crippen molar-refractivity contribution in [2.24, 2.45) is 7.05 Å². The van der Waals surface area contributed by atoms with Crippen LogP contribution < -0.4 is 0 Å². The number of nitrogens with zero attached hydrogens (tertiary/aromatic N) is 2. The van der Waals surface area contributed by atoms with Crippen molar-refractivity contribution in [2.75, 3.05) is 0 Å². The summed E-state index contributed by atoms with van der Waals surface area (Å²) in [5, 5.41) is 0.576. The number of hydrogen-bond acceptors (Lipinski definition) is 3. The molecule has 0 saturated carbocycles. The fourth-order valence-electron chi connectivity index (χ4n) is 1.50. The number of alkyl halides is 3. The Morgan fingerprint density at radius 1 is 1.37 bits per heavy atom. The standard InChI is InChI=1S/C12H9F3N2OS/c1-17-5-4-16-11(17)19-9-3-2-8(7-18)10(6-9)12(13,14)15/h2-7H,1H3. The average molecular weight is 286 g/mol. The molecule has 0 aliphatic rings. The van der Waals surface area contributed by atoms with Gasteiger partial charge in [-0.3, -0.25) is 4.79 Å². The first-order chi connectivity index (χ1) is 8.91. The SMILES string of the molecule is Cn1ccnc1Sc1ccc(C=O)c(C(F)(F)F)c1. The van der Waals surface area contributed by atoms with E-state index in [0.29, 0.717) is 10.1 Å². The molecule has 1 aromatic carbocycles. The van der Waals surface area contributed by atoms with Crippen LogP contribution in [0.3, 0.4) is 0 Å². The molecule has 1 heterocycles. The molecule has 0 unspecified atom stereocenters. The fraction of sp³-hybridized carbons (Fsp3) is 0.167.